The molecular formula is C4H6O4Ti. The molecule has 0 saturated carbocycles. The summed E-state index contributed by atoms with van der Waals surface area (Å²) in [7, 11) is 0. The summed E-state index contributed by atoms with van der Waals surface area (Å²) in [6.07, 6.45) is 0. The van der Waals surface area contributed by atoms with Crippen LogP contribution < -0.4 is 0 Å². The fourth-order valence-electron chi connectivity index (χ4n) is 0. The summed E-state index contributed by atoms with van der Waals surface area (Å²) < 4.78 is 0. The van der Waals surface area contributed by atoms with Crippen molar-refractivity contribution < 1.29 is 42.6 Å². The van der Waals surface area contributed by atoms with E-state index in [1.807, 2.05) is 0 Å². The van der Waals surface area contributed by atoms with Crippen LogP contribution >= 0.6 is 0 Å². The van der Waals surface area contributed by atoms with E-state index in [1.54, 1.807) is 0 Å². The van der Waals surface area contributed by atoms with Crippen LogP contribution in [0.3, 0.4) is 0 Å². The maximum absolute atomic E-state index is 9.60. The Labute approximate surface area is 68.1 Å². The van der Waals surface area contributed by atoms with Crippen molar-refractivity contribution in [3.8, 4) is 0 Å². The van der Waals surface area contributed by atoms with Gasteiger partial charge in [-0.1, -0.05) is 6.58 Å². The Balaban J connectivity index is -0.0000000417. The largest absolute Gasteiger partial charge is 4.00 e. The molecule has 0 saturated heterocycles. The molecule has 0 aromatic heterocycles. The van der Waals surface area contributed by atoms with Crippen molar-refractivity contribution in [1.82, 2.24) is 0 Å². The quantitative estimate of drug-likeness (QED) is 0.450. The molecule has 0 aliphatic heterocycles. The van der Waals surface area contributed by atoms with E-state index in [1.165, 1.54) is 6.92 Å². The van der Waals surface area contributed by atoms with Crippen LogP contribution in [0.4, 0.5) is 0 Å². The summed E-state index contributed by atoms with van der Waals surface area (Å²) in [5.41, 5.74) is 0.176. The normalized spacial score (nSPS) is 5.00. The third-order valence-corrected chi connectivity index (χ3v) is 0.365. The van der Waals surface area contributed by atoms with Gasteiger partial charge in [-0.3, -0.25) is 0 Å². The smallest absolute Gasteiger partial charge is 2.00 e. The number of hydrogen-bond donors (Lipinski definition) is 1. The molecule has 0 fully saturated rings. The van der Waals surface area contributed by atoms with E-state index >= 15 is 0 Å². The van der Waals surface area contributed by atoms with Gasteiger partial charge in [0, 0.05) is 5.57 Å². The monoisotopic (exact) mass is 166 g/mol. The molecule has 0 aromatic carbocycles. The zero-order valence-corrected chi connectivity index (χ0v) is 6.44. The second-order valence-corrected chi connectivity index (χ2v) is 1.09. The van der Waals surface area contributed by atoms with Gasteiger partial charge in [0.05, 0.1) is 0 Å². The van der Waals surface area contributed by atoms with Crippen molar-refractivity contribution in [2.45, 2.75) is 6.92 Å². The number of hydrogen-bond acceptors (Lipinski definition) is 1. The van der Waals surface area contributed by atoms with Crippen molar-refractivity contribution >= 4 is 5.97 Å². The third kappa shape index (κ3) is 18.1. The minimum atomic E-state index is -0.935. The average molecular weight is 166 g/mol. The Bertz CT molecular complexity index is 78.6. The van der Waals surface area contributed by atoms with E-state index in [0.29, 0.717) is 0 Å². The maximum atomic E-state index is 9.60. The van der Waals surface area contributed by atoms with E-state index < -0.39 is 5.97 Å². The molecule has 9 heavy (non-hydrogen) atoms. The first-order chi connectivity index (χ1) is 2.64. The predicted molar refractivity (Wildman–Crippen MR) is 23.8 cm³/mol. The van der Waals surface area contributed by atoms with Crippen molar-refractivity contribution in [1.29, 1.82) is 0 Å². The van der Waals surface area contributed by atoms with Crippen LogP contribution in [0.2, 0.25) is 0 Å². The fourth-order valence-corrected chi connectivity index (χ4v) is 0. The number of aliphatic carboxylic acids is 1. The van der Waals surface area contributed by atoms with Crippen LogP contribution in [-0.4, -0.2) is 11.1 Å². The van der Waals surface area contributed by atoms with Gasteiger partial charge in [0.15, 0.2) is 0 Å². The second-order valence-electron chi connectivity index (χ2n) is 1.09. The van der Waals surface area contributed by atoms with Gasteiger partial charge in [0.2, 0.25) is 0 Å². The van der Waals surface area contributed by atoms with Crippen LogP contribution in [0, 0.1) is 0 Å². The van der Waals surface area contributed by atoms with Gasteiger partial charge in [-0.05, 0) is 6.92 Å². The Morgan fingerprint density at radius 2 is 1.56 bits per heavy atom. The molecule has 4 nitrogen and oxygen atoms in total. The van der Waals surface area contributed by atoms with Gasteiger partial charge in [0.25, 0.3) is 0 Å². The Hall–Kier alpha value is -0.156. The Kier molecular flexibility index (Phi) is 27.7. The van der Waals surface area contributed by atoms with E-state index in [2.05, 4.69) is 6.58 Å². The van der Waals surface area contributed by atoms with Crippen molar-refractivity contribution in [3.05, 3.63) is 12.2 Å². The molecule has 0 aliphatic carbocycles. The number of carboxylic acids is 1. The van der Waals surface area contributed by atoms with Gasteiger partial charge in [0.1, 0.15) is 0 Å². The van der Waals surface area contributed by atoms with Crippen molar-refractivity contribution in [2.75, 3.05) is 0 Å². The molecule has 0 amide bonds. The predicted octanol–water partition coefficient (Wildman–Crippen LogP) is 0.407. The minimum Gasteiger partial charge on any atom is -2.00 e. The number of carbonyl (C=O) groups is 1. The molecule has 0 spiro atoms. The summed E-state index contributed by atoms with van der Waals surface area (Å²) in [6, 6.07) is 0. The summed E-state index contributed by atoms with van der Waals surface area (Å²) >= 11 is 0. The second kappa shape index (κ2) is 10.8. The van der Waals surface area contributed by atoms with E-state index in [0.717, 1.165) is 0 Å². The average Bonchev–Trinajstić information content (AvgIpc) is 1.36. The third-order valence-electron chi connectivity index (χ3n) is 0.365. The standard InChI is InChI=1S/C4H6O2.2O.Ti/c1-3(2)4(5)6;;;/h1H2,2H3,(H,5,6);;;/q;2*-2;+4. The molecule has 0 aromatic rings. The van der Waals surface area contributed by atoms with E-state index in [9.17, 15) is 4.79 Å². The van der Waals surface area contributed by atoms with Crippen LogP contribution in [-0.2, 0) is 37.5 Å². The van der Waals surface area contributed by atoms with Crippen LogP contribution in [0.15, 0.2) is 12.2 Å². The molecule has 0 rings (SSSR count). The molecule has 0 heterocycles. The SMILES string of the molecule is C=C(C)C(=O)O.[O-2].[O-2].[Ti+4]. The summed E-state index contributed by atoms with van der Waals surface area (Å²) in [5.74, 6) is -0.935. The van der Waals surface area contributed by atoms with Crippen LogP contribution in [0.25, 0.3) is 0 Å². The molecule has 50 valence electrons. The fraction of sp³-hybridized carbons (Fsp3) is 0.250. The van der Waals surface area contributed by atoms with Crippen molar-refractivity contribution in [3.63, 3.8) is 0 Å². The Morgan fingerprint density at radius 3 is 1.56 bits per heavy atom. The number of rotatable bonds is 1. The minimum absolute atomic E-state index is 0. The molecule has 0 bridgehead atoms. The van der Waals surface area contributed by atoms with Gasteiger partial charge < -0.3 is 16.1 Å². The summed E-state index contributed by atoms with van der Waals surface area (Å²) in [6.45, 7) is 4.60. The van der Waals surface area contributed by atoms with E-state index in [-0.39, 0.29) is 38.2 Å². The zero-order chi connectivity index (χ0) is 5.15. The zero-order valence-electron chi connectivity index (χ0n) is 4.88. The molecule has 0 aliphatic rings. The summed E-state index contributed by atoms with van der Waals surface area (Å²) in [5, 5.41) is 7.89. The molecule has 0 radical (unpaired) electrons. The van der Waals surface area contributed by atoms with Gasteiger partial charge >= 0.3 is 27.7 Å². The molecule has 5 heteroatoms. The molecule has 1 N–H and O–H groups in total. The van der Waals surface area contributed by atoms with Gasteiger partial charge in [-0.2, -0.15) is 0 Å². The van der Waals surface area contributed by atoms with Crippen LogP contribution in [0.1, 0.15) is 6.92 Å². The first-order valence-electron chi connectivity index (χ1n) is 1.53. The van der Waals surface area contributed by atoms with Crippen molar-refractivity contribution in [2.24, 2.45) is 0 Å². The van der Waals surface area contributed by atoms with Gasteiger partial charge in [-0.25, -0.2) is 4.79 Å². The van der Waals surface area contributed by atoms with Gasteiger partial charge in [-0.15, -0.1) is 0 Å². The maximum Gasteiger partial charge on any atom is 4.00 e. The molecule has 0 unspecified atom stereocenters. The first kappa shape index (κ1) is 23.2. The topological polar surface area (TPSA) is 94.3 Å². The van der Waals surface area contributed by atoms with E-state index in [4.69, 9.17) is 5.11 Å². The summed E-state index contributed by atoms with van der Waals surface area (Å²) in [4.78, 5) is 9.60. The van der Waals surface area contributed by atoms with Crippen LogP contribution in [0.5, 0.6) is 0 Å². The molecule has 0 atom stereocenters. The Morgan fingerprint density at radius 1 is 1.44 bits per heavy atom. The molecular weight excluding hydrogens is 160 g/mol. The number of carboxylic acid groups (broad SMARTS) is 1. The first-order valence-corrected chi connectivity index (χ1v) is 1.53.